The monoisotopic (exact) mass is 794 g/mol. The zero-order valence-electron chi connectivity index (χ0n) is 29.0. The molecule has 0 radical (unpaired) electrons. The molecule has 4 aromatic rings. The summed E-state index contributed by atoms with van der Waals surface area (Å²) in [6.07, 6.45) is 1.73. The summed E-state index contributed by atoms with van der Waals surface area (Å²) in [5, 5.41) is 0. The predicted molar refractivity (Wildman–Crippen MR) is 193 cm³/mol. The third kappa shape index (κ3) is 7.51. The fourth-order valence-corrected chi connectivity index (χ4v) is 7.31. The van der Waals surface area contributed by atoms with Crippen LogP contribution in [0.2, 0.25) is 0 Å². The molecule has 2 aliphatic rings. The second-order valence-electron chi connectivity index (χ2n) is 11.3. The Morgan fingerprint density at radius 1 is 0.981 bits per heavy atom. The normalized spacial score (nSPS) is 14.7. The minimum atomic E-state index is -0.903. The minimum Gasteiger partial charge on any atom is -0.493 e. The Hall–Kier alpha value is -5.28. The molecule has 15 heteroatoms. The molecule has 1 atom stereocenters. The van der Waals surface area contributed by atoms with Crippen molar-refractivity contribution in [1.82, 2.24) is 4.57 Å². The largest absolute Gasteiger partial charge is 0.493 e. The van der Waals surface area contributed by atoms with Crippen LogP contribution >= 0.6 is 27.3 Å². The van der Waals surface area contributed by atoms with Gasteiger partial charge in [-0.15, -0.1) is 0 Å². The smallest absolute Gasteiger partial charge is 0.343 e. The van der Waals surface area contributed by atoms with E-state index in [1.54, 1.807) is 51.1 Å². The number of halogens is 1. The number of rotatable bonds is 13. The van der Waals surface area contributed by atoms with Crippen LogP contribution in [0.15, 0.2) is 74.1 Å². The van der Waals surface area contributed by atoms with Crippen LogP contribution < -0.4 is 43.3 Å². The molecule has 0 unspecified atom stereocenters. The van der Waals surface area contributed by atoms with Crippen LogP contribution in [0.1, 0.15) is 43.5 Å². The predicted octanol–water partition coefficient (Wildman–Crippen LogP) is 4.83. The van der Waals surface area contributed by atoms with Gasteiger partial charge in [-0.2, -0.15) is 0 Å². The van der Waals surface area contributed by atoms with E-state index in [0.717, 1.165) is 5.56 Å². The molecule has 2 aliphatic heterocycles. The number of allylic oxidation sites excluding steroid dienone is 1. The summed E-state index contributed by atoms with van der Waals surface area (Å²) in [6, 6.07) is 13.3. The van der Waals surface area contributed by atoms with Gasteiger partial charge in [0.1, 0.15) is 6.61 Å². The van der Waals surface area contributed by atoms with E-state index < -0.39 is 18.0 Å². The zero-order chi connectivity index (χ0) is 36.9. The van der Waals surface area contributed by atoms with E-state index in [2.05, 4.69) is 20.9 Å². The molecule has 0 amide bonds. The molecule has 6 rings (SSSR count). The number of nitrogens with zero attached hydrogens (tertiary/aromatic N) is 2. The van der Waals surface area contributed by atoms with Gasteiger partial charge < -0.3 is 37.9 Å². The zero-order valence-corrected chi connectivity index (χ0v) is 31.4. The molecule has 0 saturated carbocycles. The lowest BCUT2D eigenvalue weighted by Crippen LogP contribution is -2.40. The molecular formula is C37H35BrN2O11S. The number of carbonyl (C=O) groups is 2. The average molecular weight is 796 g/mol. The number of benzene rings is 3. The maximum Gasteiger partial charge on any atom is 0.343 e. The number of hydrogen-bond donors (Lipinski definition) is 0. The summed E-state index contributed by atoms with van der Waals surface area (Å²) in [6.45, 7) is 5.74. The molecule has 13 nitrogen and oxygen atoms in total. The highest BCUT2D eigenvalue weighted by atomic mass is 79.9. The Labute approximate surface area is 310 Å². The number of ether oxygens (including phenoxy) is 8. The first-order valence-corrected chi connectivity index (χ1v) is 17.8. The standard InChI is InChI=1S/C37H35BrN2O11S/c1-6-46-28-16-23(9-11-25(28)48-18-31(41)45-5)33-32(36(43)47-7-2)20(3)39-37-40(33)35(42)30(52-37)15-22-12-24(38)34(29(14-22)44-4)49-17-21-8-10-26-27(13-21)51-19-50-26/h8-16,33H,6-7,17-19H2,1-5H3/b30-15-/t33-/m0/s1. The third-order valence-electron chi connectivity index (χ3n) is 8.04. The van der Waals surface area contributed by atoms with Gasteiger partial charge in [0.15, 0.2) is 45.9 Å². The summed E-state index contributed by atoms with van der Waals surface area (Å²) in [7, 11) is 2.80. The van der Waals surface area contributed by atoms with Gasteiger partial charge in [-0.3, -0.25) is 9.36 Å². The Bertz CT molecular complexity index is 2240. The van der Waals surface area contributed by atoms with E-state index in [1.165, 1.54) is 30.1 Å². The molecule has 272 valence electrons. The lowest BCUT2D eigenvalue weighted by atomic mass is 9.95. The Kier molecular flexibility index (Phi) is 11.2. The van der Waals surface area contributed by atoms with Gasteiger partial charge in [0.2, 0.25) is 6.79 Å². The quantitative estimate of drug-likeness (QED) is 0.172. The Morgan fingerprint density at radius 2 is 1.79 bits per heavy atom. The van der Waals surface area contributed by atoms with Crippen molar-refractivity contribution in [1.29, 1.82) is 0 Å². The van der Waals surface area contributed by atoms with Crippen LogP contribution in [-0.2, 0) is 25.7 Å². The minimum absolute atomic E-state index is 0.129. The number of esters is 2. The lowest BCUT2D eigenvalue weighted by molar-refractivity contribution is -0.143. The summed E-state index contributed by atoms with van der Waals surface area (Å²) in [5.41, 5.74) is 2.34. The fourth-order valence-electron chi connectivity index (χ4n) is 5.69. The second kappa shape index (κ2) is 15.9. The highest BCUT2D eigenvalue weighted by molar-refractivity contribution is 9.10. The summed E-state index contributed by atoms with van der Waals surface area (Å²) < 4.78 is 46.8. The first kappa shape index (κ1) is 36.5. The SMILES string of the molecule is CCOC(=O)C1=C(C)N=c2s/c(=C\c3cc(Br)c(OCc4ccc5c(c4)OCO5)c(OC)c3)c(=O)n2[C@H]1c1ccc(OCC(=O)OC)c(OCC)c1. The fraction of sp³-hybridized carbons (Fsp3) is 0.297. The molecule has 0 spiro atoms. The van der Waals surface area contributed by atoms with E-state index >= 15 is 0 Å². The van der Waals surface area contributed by atoms with Crippen molar-refractivity contribution in [2.24, 2.45) is 4.99 Å². The van der Waals surface area contributed by atoms with Crippen LogP contribution in [0.25, 0.3) is 6.08 Å². The lowest BCUT2D eigenvalue weighted by Gasteiger charge is -2.25. The third-order valence-corrected chi connectivity index (χ3v) is 9.62. The van der Waals surface area contributed by atoms with Gasteiger partial charge in [-0.05, 0) is 95.9 Å². The van der Waals surface area contributed by atoms with Crippen molar-refractivity contribution in [3.63, 3.8) is 0 Å². The van der Waals surface area contributed by atoms with E-state index in [0.29, 0.717) is 71.7 Å². The highest BCUT2D eigenvalue weighted by Crippen LogP contribution is 2.39. The number of fused-ring (bicyclic) bond motifs is 2. The van der Waals surface area contributed by atoms with Crippen LogP contribution in [0, 0.1) is 0 Å². The van der Waals surface area contributed by atoms with E-state index in [4.69, 9.17) is 37.9 Å². The first-order chi connectivity index (χ1) is 25.1. The topological polar surface area (TPSA) is 142 Å². The van der Waals surface area contributed by atoms with Crippen molar-refractivity contribution in [3.8, 4) is 34.5 Å². The maximum atomic E-state index is 14.3. The van der Waals surface area contributed by atoms with Crippen molar-refractivity contribution in [2.75, 3.05) is 40.8 Å². The number of methoxy groups -OCH3 is 2. The summed E-state index contributed by atoms with van der Waals surface area (Å²) in [5.74, 6) is 1.74. The number of thiazole rings is 1. The second-order valence-corrected chi connectivity index (χ2v) is 13.2. The van der Waals surface area contributed by atoms with Gasteiger partial charge >= 0.3 is 11.9 Å². The first-order valence-electron chi connectivity index (χ1n) is 16.2. The number of aromatic nitrogens is 1. The molecule has 3 aromatic carbocycles. The van der Waals surface area contributed by atoms with Gasteiger partial charge in [-0.1, -0.05) is 23.5 Å². The molecular weight excluding hydrogens is 760 g/mol. The van der Waals surface area contributed by atoms with Crippen LogP contribution in [0.4, 0.5) is 0 Å². The van der Waals surface area contributed by atoms with Crippen molar-refractivity contribution in [2.45, 2.75) is 33.4 Å². The number of carbonyl (C=O) groups excluding carboxylic acids is 2. The van der Waals surface area contributed by atoms with Crippen LogP contribution in [0.3, 0.4) is 0 Å². The van der Waals surface area contributed by atoms with E-state index in [1.807, 2.05) is 24.3 Å². The molecule has 52 heavy (non-hydrogen) atoms. The Balaban J connectivity index is 1.38. The van der Waals surface area contributed by atoms with Gasteiger partial charge in [0.25, 0.3) is 5.56 Å². The molecule has 1 aromatic heterocycles. The van der Waals surface area contributed by atoms with Crippen molar-refractivity contribution < 1.29 is 47.5 Å². The summed E-state index contributed by atoms with van der Waals surface area (Å²) in [4.78, 5) is 44.5. The van der Waals surface area contributed by atoms with Crippen LogP contribution in [-0.4, -0.2) is 57.3 Å². The molecule has 0 fully saturated rings. The number of hydrogen-bond acceptors (Lipinski definition) is 13. The maximum absolute atomic E-state index is 14.3. The van der Waals surface area contributed by atoms with Crippen molar-refractivity contribution in [3.05, 3.63) is 101 Å². The van der Waals surface area contributed by atoms with Gasteiger partial charge in [0, 0.05) is 0 Å². The molecule has 0 aliphatic carbocycles. The molecule has 0 N–H and O–H groups in total. The highest BCUT2D eigenvalue weighted by Gasteiger charge is 2.34. The molecule has 0 saturated heterocycles. The van der Waals surface area contributed by atoms with E-state index in [-0.39, 0.29) is 37.7 Å². The van der Waals surface area contributed by atoms with Crippen molar-refractivity contribution >= 4 is 45.3 Å². The van der Waals surface area contributed by atoms with Crippen LogP contribution in [0.5, 0.6) is 34.5 Å². The average Bonchev–Trinajstić information content (AvgIpc) is 3.72. The van der Waals surface area contributed by atoms with E-state index in [9.17, 15) is 14.4 Å². The van der Waals surface area contributed by atoms with Gasteiger partial charge in [0.05, 0.1) is 53.8 Å². The van der Waals surface area contributed by atoms with Gasteiger partial charge in [-0.25, -0.2) is 14.6 Å². The molecule has 3 heterocycles. The summed E-state index contributed by atoms with van der Waals surface area (Å²) >= 11 is 4.80. The molecule has 0 bridgehead atoms. The Morgan fingerprint density at radius 3 is 2.54 bits per heavy atom.